The predicted octanol–water partition coefficient (Wildman–Crippen LogP) is 0.521. The van der Waals surface area contributed by atoms with E-state index in [2.05, 4.69) is 10.3 Å². The van der Waals surface area contributed by atoms with Crippen molar-refractivity contribution >= 4 is 17.7 Å². The number of amidine groups is 1. The highest BCUT2D eigenvalue weighted by Gasteiger charge is 2.57. The van der Waals surface area contributed by atoms with Crippen LogP contribution in [0, 0.1) is 11.8 Å². The number of carboxylic acids is 1. The third-order valence-corrected chi connectivity index (χ3v) is 5.06. The Labute approximate surface area is 140 Å². The van der Waals surface area contributed by atoms with E-state index in [1.165, 1.54) is 4.90 Å². The number of rotatable bonds is 5. The summed E-state index contributed by atoms with van der Waals surface area (Å²) in [7, 11) is 0. The third kappa shape index (κ3) is 2.62. The Morgan fingerprint density at radius 2 is 2.29 bits per heavy atom. The molecule has 130 valence electrons. The normalized spacial score (nSPS) is 30.8. The monoisotopic (exact) mass is 333 g/mol. The molecule has 4 atom stereocenters. The van der Waals surface area contributed by atoms with Gasteiger partial charge in [-0.15, -0.1) is 0 Å². The Kier molecular flexibility index (Phi) is 4.45. The maximum absolute atomic E-state index is 12.2. The fourth-order valence-corrected chi connectivity index (χ4v) is 3.85. The van der Waals surface area contributed by atoms with Gasteiger partial charge in [0.05, 0.1) is 18.1 Å². The maximum atomic E-state index is 12.2. The number of allylic oxidation sites excluding steroid dienone is 1. The van der Waals surface area contributed by atoms with Crippen LogP contribution in [-0.4, -0.2) is 58.1 Å². The second-order valence-electron chi connectivity index (χ2n) is 6.56. The number of carbonyl (C=O) groups is 2. The number of carboxylic acid groups (broad SMARTS) is 1. The summed E-state index contributed by atoms with van der Waals surface area (Å²) in [5, 5.41) is 22.6. The molecule has 0 bridgehead atoms. The zero-order valence-corrected chi connectivity index (χ0v) is 13.9. The lowest BCUT2D eigenvalue weighted by molar-refractivity contribution is -0.161. The number of carbonyl (C=O) groups excluding carboxylic acids is 1. The van der Waals surface area contributed by atoms with Crippen LogP contribution in [0.1, 0.15) is 26.7 Å². The first kappa shape index (κ1) is 16.7. The van der Waals surface area contributed by atoms with Gasteiger partial charge >= 0.3 is 5.97 Å². The van der Waals surface area contributed by atoms with Crippen molar-refractivity contribution in [3.05, 3.63) is 23.4 Å². The standard InChI is InChI=1S/C17H23N3O4/c1-3-4-5-13-18-7-10(8-19-13)11-6-12-14(9(2)21)16(22)20(12)15(11)17(23)24/h3-4,9-10,12,14,21H,5-8H2,1-2H3,(H,18,19)(H,23,24)/t9-,12-,14-/m1/s1. The second-order valence-corrected chi connectivity index (χ2v) is 6.56. The van der Waals surface area contributed by atoms with Crippen LogP contribution in [0.3, 0.4) is 0 Å². The number of fused-ring (bicyclic) bond motifs is 1. The van der Waals surface area contributed by atoms with Crippen LogP contribution >= 0.6 is 0 Å². The topological polar surface area (TPSA) is 102 Å². The molecule has 7 heteroatoms. The van der Waals surface area contributed by atoms with E-state index >= 15 is 0 Å². The van der Waals surface area contributed by atoms with Crippen molar-refractivity contribution in [1.82, 2.24) is 10.2 Å². The number of aliphatic hydroxyl groups excluding tert-OH is 1. The van der Waals surface area contributed by atoms with Crippen molar-refractivity contribution in [2.75, 3.05) is 13.1 Å². The highest BCUT2D eigenvalue weighted by atomic mass is 16.4. The molecule has 3 heterocycles. The van der Waals surface area contributed by atoms with E-state index in [0.717, 1.165) is 17.8 Å². The molecule has 0 aromatic carbocycles. The first-order valence-electron chi connectivity index (χ1n) is 8.31. The summed E-state index contributed by atoms with van der Waals surface area (Å²) in [5.74, 6) is -0.987. The van der Waals surface area contributed by atoms with Crippen molar-refractivity contribution in [3.63, 3.8) is 0 Å². The summed E-state index contributed by atoms with van der Waals surface area (Å²) in [6, 6.07) is -0.230. The van der Waals surface area contributed by atoms with Crippen LogP contribution in [0.2, 0.25) is 0 Å². The van der Waals surface area contributed by atoms with Gasteiger partial charge in [0.25, 0.3) is 0 Å². The largest absolute Gasteiger partial charge is 0.477 e. The van der Waals surface area contributed by atoms with Gasteiger partial charge in [0.1, 0.15) is 11.5 Å². The van der Waals surface area contributed by atoms with Gasteiger partial charge in [-0.2, -0.15) is 0 Å². The molecule has 3 N–H and O–H groups in total. The number of aliphatic carboxylic acids is 1. The number of nitrogens with zero attached hydrogens (tertiary/aromatic N) is 2. The van der Waals surface area contributed by atoms with Gasteiger partial charge < -0.3 is 20.4 Å². The molecule has 1 unspecified atom stereocenters. The van der Waals surface area contributed by atoms with Gasteiger partial charge in [-0.1, -0.05) is 12.2 Å². The fraction of sp³-hybridized carbons (Fsp3) is 0.588. The summed E-state index contributed by atoms with van der Waals surface area (Å²) in [4.78, 5) is 29.8. The molecule has 0 spiro atoms. The number of hydrogen-bond donors (Lipinski definition) is 3. The summed E-state index contributed by atoms with van der Waals surface area (Å²) >= 11 is 0. The Morgan fingerprint density at radius 1 is 1.54 bits per heavy atom. The molecule has 1 saturated heterocycles. The van der Waals surface area contributed by atoms with Gasteiger partial charge in [-0.25, -0.2) is 4.79 Å². The zero-order chi connectivity index (χ0) is 17.4. The van der Waals surface area contributed by atoms with Crippen molar-refractivity contribution in [2.24, 2.45) is 16.8 Å². The van der Waals surface area contributed by atoms with Crippen LogP contribution < -0.4 is 5.32 Å². The van der Waals surface area contributed by atoms with E-state index in [0.29, 0.717) is 19.5 Å². The van der Waals surface area contributed by atoms with Crippen LogP contribution in [0.4, 0.5) is 0 Å². The van der Waals surface area contributed by atoms with Crippen LogP contribution in [-0.2, 0) is 9.59 Å². The number of amides is 1. The summed E-state index contributed by atoms with van der Waals surface area (Å²) < 4.78 is 0. The smallest absolute Gasteiger partial charge is 0.352 e. The first-order valence-corrected chi connectivity index (χ1v) is 8.31. The third-order valence-electron chi connectivity index (χ3n) is 5.06. The van der Waals surface area contributed by atoms with Gasteiger partial charge in [0.15, 0.2) is 0 Å². The van der Waals surface area contributed by atoms with Crippen LogP contribution in [0.25, 0.3) is 0 Å². The molecule has 24 heavy (non-hydrogen) atoms. The number of nitrogens with one attached hydrogen (secondary N) is 1. The minimum atomic E-state index is -1.08. The molecule has 3 aliphatic rings. The molecule has 0 aromatic heterocycles. The molecule has 0 aliphatic carbocycles. The lowest BCUT2D eigenvalue weighted by atomic mass is 9.82. The van der Waals surface area contributed by atoms with Crippen molar-refractivity contribution in [2.45, 2.75) is 38.8 Å². The van der Waals surface area contributed by atoms with Crippen molar-refractivity contribution in [3.8, 4) is 0 Å². The summed E-state index contributed by atoms with van der Waals surface area (Å²) in [6.07, 6.45) is 4.47. The van der Waals surface area contributed by atoms with Crippen molar-refractivity contribution in [1.29, 1.82) is 0 Å². The highest BCUT2D eigenvalue weighted by Crippen LogP contribution is 2.45. The molecule has 1 fully saturated rings. The highest BCUT2D eigenvalue weighted by molar-refractivity contribution is 5.99. The van der Waals surface area contributed by atoms with Gasteiger partial charge in [-0.05, 0) is 25.8 Å². The molecular weight excluding hydrogens is 310 g/mol. The quantitative estimate of drug-likeness (QED) is 0.503. The average molecular weight is 333 g/mol. The van der Waals surface area contributed by atoms with Gasteiger partial charge in [0, 0.05) is 25.4 Å². The van der Waals surface area contributed by atoms with E-state index in [4.69, 9.17) is 0 Å². The maximum Gasteiger partial charge on any atom is 0.352 e. The fourth-order valence-electron chi connectivity index (χ4n) is 3.85. The molecule has 3 aliphatic heterocycles. The Hall–Kier alpha value is -2.15. The zero-order valence-electron chi connectivity index (χ0n) is 13.9. The van der Waals surface area contributed by atoms with Crippen molar-refractivity contribution < 1.29 is 19.8 Å². The van der Waals surface area contributed by atoms with E-state index in [1.54, 1.807) is 6.92 Å². The summed E-state index contributed by atoms with van der Waals surface area (Å²) in [6.45, 7) is 4.68. The average Bonchev–Trinajstić information content (AvgIpc) is 2.88. The number of hydrogen-bond acceptors (Lipinski definition) is 5. The number of β-lactam (4-membered cyclic amide) rings is 1. The van der Waals surface area contributed by atoms with Crippen LogP contribution in [0.5, 0.6) is 0 Å². The van der Waals surface area contributed by atoms with Gasteiger partial charge in [0.2, 0.25) is 5.91 Å². The number of aliphatic imine (C=N–C) groups is 1. The van der Waals surface area contributed by atoms with E-state index in [-0.39, 0.29) is 23.6 Å². The van der Waals surface area contributed by atoms with Gasteiger partial charge in [-0.3, -0.25) is 9.79 Å². The minimum absolute atomic E-state index is 0.0292. The lowest BCUT2D eigenvalue weighted by Gasteiger charge is -2.44. The lowest BCUT2D eigenvalue weighted by Crippen LogP contribution is -2.61. The molecule has 3 rings (SSSR count). The van der Waals surface area contributed by atoms with E-state index in [1.807, 2.05) is 19.1 Å². The number of aliphatic hydroxyl groups is 1. The molecule has 1 amide bonds. The molecule has 0 aromatic rings. The molecule has 0 radical (unpaired) electrons. The SMILES string of the molecule is CC=CCC1=NCC(C2=C(C(=O)O)N3C(=O)[C@H]([C@@H](C)O)[C@H]3C2)CN1. The Bertz CT molecular complexity index is 650. The van der Waals surface area contributed by atoms with Crippen LogP contribution in [0.15, 0.2) is 28.4 Å². The Balaban J connectivity index is 1.80. The molecule has 0 saturated carbocycles. The summed E-state index contributed by atoms with van der Waals surface area (Å²) in [5.41, 5.74) is 0.867. The molecule has 7 nitrogen and oxygen atoms in total. The molecular formula is C17H23N3O4. The predicted molar refractivity (Wildman–Crippen MR) is 88.3 cm³/mol. The second kappa shape index (κ2) is 6.39. The van der Waals surface area contributed by atoms with E-state index < -0.39 is 18.0 Å². The Morgan fingerprint density at radius 3 is 2.83 bits per heavy atom. The minimum Gasteiger partial charge on any atom is -0.477 e. The first-order chi connectivity index (χ1) is 11.5. The van der Waals surface area contributed by atoms with E-state index in [9.17, 15) is 19.8 Å².